The predicted octanol–water partition coefficient (Wildman–Crippen LogP) is 4.09. The van der Waals surface area contributed by atoms with Crippen molar-refractivity contribution in [3.8, 4) is 5.75 Å². The molecule has 0 bridgehead atoms. The van der Waals surface area contributed by atoms with Gasteiger partial charge in [0.1, 0.15) is 5.75 Å². The van der Waals surface area contributed by atoms with Gasteiger partial charge in [0, 0.05) is 13.0 Å². The summed E-state index contributed by atoms with van der Waals surface area (Å²) in [6.07, 6.45) is 4.79. The summed E-state index contributed by atoms with van der Waals surface area (Å²) in [6.45, 7) is 0.191. The summed E-state index contributed by atoms with van der Waals surface area (Å²) in [5.41, 5.74) is 2.92. The third-order valence-corrected chi connectivity index (χ3v) is 6.78. The van der Waals surface area contributed by atoms with Crippen molar-refractivity contribution in [1.82, 2.24) is 5.32 Å². The number of fused-ring (bicyclic) bond motifs is 1. The number of nitrogens with one attached hydrogen (secondary N) is 1. The van der Waals surface area contributed by atoms with E-state index in [0.29, 0.717) is 22.9 Å². The molecule has 2 aromatic rings. The van der Waals surface area contributed by atoms with E-state index in [1.807, 2.05) is 12.1 Å². The van der Waals surface area contributed by atoms with Crippen LogP contribution >= 0.6 is 11.6 Å². The maximum atomic E-state index is 12.5. The van der Waals surface area contributed by atoms with E-state index in [0.717, 1.165) is 25.5 Å². The van der Waals surface area contributed by atoms with Crippen LogP contribution in [0.3, 0.4) is 0 Å². The summed E-state index contributed by atoms with van der Waals surface area (Å²) in [7, 11) is -2.02. The number of rotatable bonds is 8. The predicted molar refractivity (Wildman–Crippen MR) is 120 cm³/mol. The topological polar surface area (TPSA) is 75.7 Å². The van der Waals surface area contributed by atoms with E-state index in [2.05, 4.69) is 17.4 Å². The molecule has 1 N–H and O–H groups in total. The second-order valence-electron chi connectivity index (χ2n) is 7.47. The fraction of sp³-hybridized carbons (Fsp3) is 0.409. The first-order valence-electron chi connectivity index (χ1n) is 9.98. The van der Waals surface area contributed by atoms with Gasteiger partial charge in [-0.3, -0.25) is 9.10 Å². The van der Waals surface area contributed by atoms with Crippen molar-refractivity contribution in [3.63, 3.8) is 0 Å². The Morgan fingerprint density at radius 2 is 2.03 bits per heavy atom. The van der Waals surface area contributed by atoms with Crippen LogP contribution in [0.2, 0.25) is 5.02 Å². The maximum Gasteiger partial charge on any atom is 0.232 e. The zero-order valence-corrected chi connectivity index (χ0v) is 18.8. The number of nitrogens with zero attached hydrogens (tertiary/aromatic N) is 1. The fourth-order valence-electron chi connectivity index (χ4n) is 3.85. The zero-order valence-electron chi connectivity index (χ0n) is 17.2. The normalized spacial score (nSPS) is 15.9. The molecule has 3 rings (SSSR count). The number of benzene rings is 2. The summed E-state index contributed by atoms with van der Waals surface area (Å²) in [6, 6.07) is 13.0. The molecule has 0 heterocycles. The first-order chi connectivity index (χ1) is 14.3. The molecule has 0 saturated carbocycles. The van der Waals surface area contributed by atoms with Gasteiger partial charge in [0.05, 0.1) is 30.1 Å². The highest BCUT2D eigenvalue weighted by molar-refractivity contribution is 7.92. The van der Waals surface area contributed by atoms with Gasteiger partial charge in [-0.25, -0.2) is 8.42 Å². The number of hydrogen-bond donors (Lipinski definition) is 1. The molecule has 8 heteroatoms. The molecule has 1 aliphatic rings. The lowest BCUT2D eigenvalue weighted by atomic mass is 9.87. The minimum atomic E-state index is -3.52. The lowest BCUT2D eigenvalue weighted by Gasteiger charge is -2.27. The molecule has 162 valence electrons. The van der Waals surface area contributed by atoms with Gasteiger partial charge in [-0.2, -0.15) is 0 Å². The number of ether oxygens (including phenoxy) is 1. The van der Waals surface area contributed by atoms with Crippen LogP contribution in [0, 0.1) is 0 Å². The van der Waals surface area contributed by atoms with Crippen LogP contribution in [0.1, 0.15) is 42.9 Å². The van der Waals surface area contributed by atoms with Gasteiger partial charge < -0.3 is 10.1 Å². The van der Waals surface area contributed by atoms with E-state index in [1.54, 1.807) is 18.2 Å². The fourth-order valence-corrected chi connectivity index (χ4v) is 5.06. The molecule has 0 fully saturated rings. The first kappa shape index (κ1) is 22.4. The Bertz CT molecular complexity index is 1010. The summed E-state index contributed by atoms with van der Waals surface area (Å²) < 4.78 is 30.9. The van der Waals surface area contributed by atoms with Crippen LogP contribution in [-0.4, -0.2) is 34.2 Å². The molecule has 0 aliphatic heterocycles. The summed E-state index contributed by atoms with van der Waals surface area (Å²) in [5.74, 6) is 0.402. The monoisotopic (exact) mass is 450 g/mol. The molecule has 0 saturated heterocycles. The van der Waals surface area contributed by atoms with Crippen molar-refractivity contribution in [2.24, 2.45) is 0 Å². The molecule has 6 nitrogen and oxygen atoms in total. The van der Waals surface area contributed by atoms with Gasteiger partial charge in [0.25, 0.3) is 0 Å². The minimum absolute atomic E-state index is 0.0221. The third-order valence-electron chi connectivity index (χ3n) is 5.29. The van der Waals surface area contributed by atoms with Crippen molar-refractivity contribution in [3.05, 3.63) is 58.6 Å². The van der Waals surface area contributed by atoms with Gasteiger partial charge >= 0.3 is 0 Å². The standard InChI is InChI=1S/C22H27ClN2O4S/c1-29-21-13-12-17(15-19(21)23)25(30(2,27)28)14-6-11-22(26)24-20-10-5-8-16-7-3-4-9-18(16)20/h3-4,7,9,12-13,15,20H,5-6,8,10-11,14H2,1-2H3,(H,24,26)/t20-/m0/s1. The number of aryl methyl sites for hydroxylation is 1. The summed E-state index contributed by atoms with van der Waals surface area (Å²) in [5, 5.41) is 3.44. The van der Waals surface area contributed by atoms with E-state index < -0.39 is 10.0 Å². The molecule has 0 radical (unpaired) electrons. The molecule has 1 atom stereocenters. The zero-order chi connectivity index (χ0) is 21.7. The van der Waals surface area contributed by atoms with Crippen molar-refractivity contribution in [2.45, 2.75) is 38.1 Å². The van der Waals surface area contributed by atoms with Crippen LogP contribution in [0.25, 0.3) is 0 Å². The molecule has 2 aromatic carbocycles. The number of carbonyl (C=O) groups excluding carboxylic acids is 1. The van der Waals surface area contributed by atoms with Gasteiger partial charge in [0.2, 0.25) is 15.9 Å². The average molecular weight is 451 g/mol. The van der Waals surface area contributed by atoms with Crippen LogP contribution in [0.4, 0.5) is 5.69 Å². The number of halogens is 1. The number of sulfonamides is 1. The van der Waals surface area contributed by atoms with Crippen molar-refractivity contribution >= 4 is 33.2 Å². The quantitative estimate of drug-likeness (QED) is 0.657. The number of methoxy groups -OCH3 is 1. The Kier molecular flexibility index (Phi) is 7.26. The van der Waals surface area contributed by atoms with Gasteiger partial charge in [-0.05, 0) is 55.0 Å². The largest absolute Gasteiger partial charge is 0.495 e. The maximum absolute atomic E-state index is 12.5. The van der Waals surface area contributed by atoms with Crippen molar-refractivity contribution in [2.75, 3.05) is 24.2 Å². The van der Waals surface area contributed by atoms with Crippen molar-refractivity contribution in [1.29, 1.82) is 0 Å². The Labute approximate surface area is 183 Å². The molecular formula is C22H27ClN2O4S. The Hall–Kier alpha value is -2.25. The molecule has 0 aromatic heterocycles. The van der Waals surface area contributed by atoms with Gasteiger partial charge in [-0.15, -0.1) is 0 Å². The molecule has 1 aliphatic carbocycles. The number of amides is 1. The summed E-state index contributed by atoms with van der Waals surface area (Å²) in [4.78, 5) is 12.5. The third kappa shape index (κ3) is 5.46. The van der Waals surface area contributed by atoms with Crippen LogP contribution in [0.5, 0.6) is 5.75 Å². The highest BCUT2D eigenvalue weighted by Gasteiger charge is 2.22. The molecule has 0 unspecified atom stereocenters. The highest BCUT2D eigenvalue weighted by atomic mass is 35.5. The van der Waals surface area contributed by atoms with E-state index >= 15 is 0 Å². The van der Waals surface area contributed by atoms with E-state index in [1.165, 1.54) is 22.5 Å². The van der Waals surface area contributed by atoms with Crippen LogP contribution in [-0.2, 0) is 21.2 Å². The van der Waals surface area contributed by atoms with Crippen molar-refractivity contribution < 1.29 is 17.9 Å². The smallest absolute Gasteiger partial charge is 0.232 e. The number of anilines is 1. The van der Waals surface area contributed by atoms with Crippen LogP contribution < -0.4 is 14.4 Å². The second-order valence-corrected chi connectivity index (χ2v) is 9.78. The Balaban J connectivity index is 1.61. The Morgan fingerprint density at radius 1 is 1.27 bits per heavy atom. The highest BCUT2D eigenvalue weighted by Crippen LogP contribution is 2.31. The Morgan fingerprint density at radius 3 is 2.73 bits per heavy atom. The van der Waals surface area contributed by atoms with Gasteiger partial charge in [-0.1, -0.05) is 35.9 Å². The lowest BCUT2D eigenvalue weighted by Crippen LogP contribution is -2.33. The molecule has 30 heavy (non-hydrogen) atoms. The second kappa shape index (κ2) is 9.71. The van der Waals surface area contributed by atoms with Gasteiger partial charge in [0.15, 0.2) is 0 Å². The van der Waals surface area contributed by atoms with Crippen LogP contribution in [0.15, 0.2) is 42.5 Å². The average Bonchev–Trinajstić information content (AvgIpc) is 2.70. The number of carbonyl (C=O) groups is 1. The lowest BCUT2D eigenvalue weighted by molar-refractivity contribution is -0.122. The van der Waals surface area contributed by atoms with E-state index in [4.69, 9.17) is 16.3 Å². The first-order valence-corrected chi connectivity index (χ1v) is 12.2. The minimum Gasteiger partial charge on any atom is -0.495 e. The molecule has 0 spiro atoms. The molecular weight excluding hydrogens is 424 g/mol. The van der Waals surface area contributed by atoms with E-state index in [9.17, 15) is 13.2 Å². The molecule has 1 amide bonds. The number of hydrogen-bond acceptors (Lipinski definition) is 4. The SMILES string of the molecule is COc1ccc(N(CCCC(=O)N[C@H]2CCCc3ccccc32)S(C)(=O)=O)cc1Cl. The van der Waals surface area contributed by atoms with E-state index in [-0.39, 0.29) is 24.9 Å². The summed E-state index contributed by atoms with van der Waals surface area (Å²) >= 11 is 6.15.